The van der Waals surface area contributed by atoms with Crippen molar-refractivity contribution in [3.05, 3.63) is 65.7 Å². The molecule has 0 aromatic heterocycles. The van der Waals surface area contributed by atoms with Crippen molar-refractivity contribution >= 4 is 46.8 Å². The number of hydrogen-bond donors (Lipinski definition) is 4. The molecule has 0 spiro atoms. The van der Waals surface area contributed by atoms with E-state index in [1.807, 2.05) is 18.2 Å². The van der Waals surface area contributed by atoms with Crippen molar-refractivity contribution in [1.29, 1.82) is 0 Å². The average Bonchev–Trinajstić information content (AvgIpc) is 3.62. The third-order valence-electron chi connectivity index (χ3n) is 4.44. The standard InChI is InChI=1S/C22H22N4O4S/c1-30-18-5-3-2-4-14(18)10-13-19(27)24-22(31)26-25-21(29)16-8-11-17(12-9-16)23-20(28)15-6-7-15/h2-5,8-13,15H,6-7H2,1H3,(H,23,28)(H,25,29)(H2,24,26,27,31)/b13-10+. The molecule has 0 aliphatic heterocycles. The van der Waals surface area contributed by atoms with E-state index >= 15 is 0 Å². The number of hydrogen-bond acceptors (Lipinski definition) is 5. The van der Waals surface area contributed by atoms with Crippen LogP contribution in [0.25, 0.3) is 6.08 Å². The highest BCUT2D eigenvalue weighted by Gasteiger charge is 2.29. The van der Waals surface area contributed by atoms with Crippen LogP contribution in [0.1, 0.15) is 28.8 Å². The van der Waals surface area contributed by atoms with Gasteiger partial charge in [0.2, 0.25) is 11.8 Å². The van der Waals surface area contributed by atoms with Crippen LogP contribution in [0.15, 0.2) is 54.6 Å². The average molecular weight is 439 g/mol. The number of nitrogens with one attached hydrogen (secondary N) is 4. The predicted molar refractivity (Wildman–Crippen MR) is 121 cm³/mol. The Bertz CT molecular complexity index is 1020. The molecule has 9 heteroatoms. The Labute approximate surface area is 185 Å². The molecule has 1 fully saturated rings. The molecular formula is C22H22N4O4S. The van der Waals surface area contributed by atoms with Crippen LogP contribution in [-0.4, -0.2) is 29.9 Å². The summed E-state index contributed by atoms with van der Waals surface area (Å²) >= 11 is 5.01. The van der Waals surface area contributed by atoms with Gasteiger partial charge in [-0.3, -0.25) is 30.6 Å². The Kier molecular flexibility index (Phi) is 7.34. The Hall–Kier alpha value is -3.72. The van der Waals surface area contributed by atoms with Crippen molar-refractivity contribution in [2.75, 3.05) is 12.4 Å². The van der Waals surface area contributed by atoms with Gasteiger partial charge in [0.15, 0.2) is 5.11 Å². The van der Waals surface area contributed by atoms with Crippen LogP contribution >= 0.6 is 12.2 Å². The van der Waals surface area contributed by atoms with Crippen molar-refractivity contribution in [3.8, 4) is 5.75 Å². The first kappa shape index (κ1) is 22.0. The maximum atomic E-state index is 12.2. The molecule has 0 atom stereocenters. The molecule has 8 nitrogen and oxygen atoms in total. The first-order valence-corrected chi connectivity index (χ1v) is 10.0. The molecule has 2 aromatic carbocycles. The summed E-state index contributed by atoms with van der Waals surface area (Å²) in [4.78, 5) is 36.0. The number of rotatable bonds is 6. The highest BCUT2D eigenvalue weighted by molar-refractivity contribution is 7.80. The molecule has 1 aliphatic carbocycles. The van der Waals surface area contributed by atoms with E-state index in [1.54, 1.807) is 43.5 Å². The maximum absolute atomic E-state index is 12.2. The summed E-state index contributed by atoms with van der Waals surface area (Å²) in [6, 6.07) is 13.7. The van der Waals surface area contributed by atoms with Crippen LogP contribution in [0.2, 0.25) is 0 Å². The molecule has 3 rings (SSSR count). The van der Waals surface area contributed by atoms with Crippen LogP contribution < -0.4 is 26.2 Å². The molecule has 0 radical (unpaired) electrons. The number of amides is 3. The second kappa shape index (κ2) is 10.4. The molecule has 3 amide bonds. The second-order valence-corrected chi connectivity index (χ2v) is 7.22. The van der Waals surface area contributed by atoms with Gasteiger partial charge in [0.05, 0.1) is 7.11 Å². The van der Waals surface area contributed by atoms with Gasteiger partial charge in [-0.2, -0.15) is 0 Å². The van der Waals surface area contributed by atoms with E-state index in [0.29, 0.717) is 17.0 Å². The van der Waals surface area contributed by atoms with E-state index in [-0.39, 0.29) is 16.9 Å². The lowest BCUT2D eigenvalue weighted by Gasteiger charge is -2.10. The van der Waals surface area contributed by atoms with Gasteiger partial charge < -0.3 is 10.1 Å². The van der Waals surface area contributed by atoms with Gasteiger partial charge in [0.25, 0.3) is 5.91 Å². The van der Waals surface area contributed by atoms with E-state index in [4.69, 9.17) is 17.0 Å². The number of ether oxygens (including phenoxy) is 1. The molecule has 1 saturated carbocycles. The summed E-state index contributed by atoms with van der Waals surface area (Å²) in [5.41, 5.74) is 6.62. The van der Waals surface area contributed by atoms with Crippen molar-refractivity contribution in [3.63, 3.8) is 0 Å². The summed E-state index contributed by atoms with van der Waals surface area (Å²) in [6.45, 7) is 0. The van der Waals surface area contributed by atoms with Crippen molar-refractivity contribution in [1.82, 2.24) is 16.2 Å². The zero-order valence-corrected chi connectivity index (χ0v) is 17.6. The van der Waals surface area contributed by atoms with Gasteiger partial charge in [-0.15, -0.1) is 0 Å². The fraction of sp³-hybridized carbons (Fsp3) is 0.182. The zero-order valence-electron chi connectivity index (χ0n) is 16.8. The molecule has 0 bridgehead atoms. The summed E-state index contributed by atoms with van der Waals surface area (Å²) < 4.78 is 5.22. The van der Waals surface area contributed by atoms with Crippen LogP contribution in [0.5, 0.6) is 5.75 Å². The largest absolute Gasteiger partial charge is 0.496 e. The summed E-state index contributed by atoms with van der Waals surface area (Å²) in [5, 5.41) is 5.18. The fourth-order valence-corrected chi connectivity index (χ4v) is 2.79. The third-order valence-corrected chi connectivity index (χ3v) is 4.65. The highest BCUT2D eigenvalue weighted by Crippen LogP contribution is 2.30. The number of anilines is 1. The minimum Gasteiger partial charge on any atom is -0.496 e. The van der Waals surface area contributed by atoms with Crippen LogP contribution in [0.4, 0.5) is 5.69 Å². The molecule has 1 aliphatic rings. The smallest absolute Gasteiger partial charge is 0.269 e. The molecule has 0 unspecified atom stereocenters. The van der Waals surface area contributed by atoms with Gasteiger partial charge >= 0.3 is 0 Å². The quantitative estimate of drug-likeness (QED) is 0.313. The summed E-state index contributed by atoms with van der Waals surface area (Å²) in [6.07, 6.45) is 4.75. The van der Waals surface area contributed by atoms with Crippen molar-refractivity contribution in [2.24, 2.45) is 5.92 Å². The van der Waals surface area contributed by atoms with E-state index in [0.717, 1.165) is 18.4 Å². The normalized spacial score (nSPS) is 12.7. The number of carbonyl (C=O) groups is 3. The molecule has 4 N–H and O–H groups in total. The first-order valence-electron chi connectivity index (χ1n) is 9.59. The summed E-state index contributed by atoms with van der Waals surface area (Å²) in [7, 11) is 1.55. The predicted octanol–water partition coefficient (Wildman–Crippen LogP) is 2.39. The zero-order chi connectivity index (χ0) is 22.2. The molecule has 2 aromatic rings. The molecule has 160 valence electrons. The van der Waals surface area contributed by atoms with Gasteiger partial charge in [-0.1, -0.05) is 18.2 Å². The van der Waals surface area contributed by atoms with Gasteiger partial charge in [-0.25, -0.2) is 0 Å². The first-order chi connectivity index (χ1) is 15.0. The minimum absolute atomic E-state index is 0.000263. The summed E-state index contributed by atoms with van der Waals surface area (Å²) in [5.74, 6) is -0.167. The Balaban J connectivity index is 1.44. The third kappa shape index (κ3) is 6.65. The monoisotopic (exact) mass is 438 g/mol. The second-order valence-electron chi connectivity index (χ2n) is 6.81. The van der Waals surface area contributed by atoms with Crippen molar-refractivity contribution in [2.45, 2.75) is 12.8 Å². The number of hydrazine groups is 1. The molecule has 0 heterocycles. The minimum atomic E-state index is -0.464. The Morgan fingerprint density at radius 2 is 1.74 bits per heavy atom. The van der Waals surface area contributed by atoms with Crippen LogP contribution in [0, 0.1) is 5.92 Å². The Morgan fingerprint density at radius 1 is 1.03 bits per heavy atom. The highest BCUT2D eigenvalue weighted by atomic mass is 32.1. The number of para-hydroxylation sites is 1. The molecule has 0 saturated heterocycles. The number of benzene rings is 2. The lowest BCUT2D eigenvalue weighted by atomic mass is 10.2. The lowest BCUT2D eigenvalue weighted by Crippen LogP contribution is -2.48. The number of methoxy groups -OCH3 is 1. The maximum Gasteiger partial charge on any atom is 0.269 e. The Morgan fingerprint density at radius 3 is 2.42 bits per heavy atom. The topological polar surface area (TPSA) is 109 Å². The van der Waals surface area contributed by atoms with Crippen molar-refractivity contribution < 1.29 is 19.1 Å². The number of carbonyl (C=O) groups excluding carboxylic acids is 3. The van der Waals surface area contributed by atoms with Crippen LogP contribution in [0.3, 0.4) is 0 Å². The van der Waals surface area contributed by atoms with E-state index in [2.05, 4.69) is 21.5 Å². The van der Waals surface area contributed by atoms with Gasteiger partial charge in [0, 0.05) is 28.8 Å². The van der Waals surface area contributed by atoms with E-state index < -0.39 is 11.8 Å². The lowest BCUT2D eigenvalue weighted by molar-refractivity contribution is -0.117. The SMILES string of the molecule is COc1ccccc1/C=C/C(=O)NC(=S)NNC(=O)c1ccc(NC(=O)C2CC2)cc1. The number of thiocarbonyl (C=S) groups is 1. The van der Waals surface area contributed by atoms with E-state index in [9.17, 15) is 14.4 Å². The van der Waals surface area contributed by atoms with Gasteiger partial charge in [-0.05, 0) is 61.5 Å². The van der Waals surface area contributed by atoms with Gasteiger partial charge in [0.1, 0.15) is 5.75 Å². The molecular weight excluding hydrogens is 416 g/mol. The van der Waals surface area contributed by atoms with E-state index in [1.165, 1.54) is 6.08 Å². The van der Waals surface area contributed by atoms with Crippen LogP contribution in [-0.2, 0) is 9.59 Å². The molecule has 31 heavy (non-hydrogen) atoms. The fourth-order valence-electron chi connectivity index (χ4n) is 2.63.